The lowest BCUT2D eigenvalue weighted by Crippen LogP contribution is -1.86. The van der Waals surface area contributed by atoms with Gasteiger partial charge in [0, 0.05) is 10.6 Å². The van der Waals surface area contributed by atoms with Crippen LogP contribution in [0.2, 0.25) is 0 Å². The Hall–Kier alpha value is -1.07. The van der Waals surface area contributed by atoms with Crippen LogP contribution in [-0.2, 0) is 0 Å². The van der Waals surface area contributed by atoms with Crippen LogP contribution in [0.1, 0.15) is 5.56 Å². The number of hydrogen-bond donors (Lipinski definition) is 1. The maximum Gasteiger partial charge on any atom is 0.174 e. The smallest absolute Gasteiger partial charge is 0.174 e. The molecule has 5 heteroatoms. The number of aromatic nitrogens is 2. The van der Waals surface area contributed by atoms with Crippen LogP contribution in [0.25, 0.3) is 0 Å². The number of nitrogen functional groups attached to an aromatic ring is 1. The Kier molecular flexibility index (Phi) is 2.69. The molecule has 0 aliphatic rings. The highest BCUT2D eigenvalue weighted by Gasteiger charge is 2.03. The van der Waals surface area contributed by atoms with Crippen molar-refractivity contribution < 1.29 is 0 Å². The van der Waals surface area contributed by atoms with Crippen molar-refractivity contribution in [2.75, 3.05) is 5.73 Å². The van der Waals surface area contributed by atoms with Gasteiger partial charge in [0.2, 0.25) is 0 Å². The summed E-state index contributed by atoms with van der Waals surface area (Å²) in [7, 11) is 0. The molecular formula is C9H9N3S2. The fourth-order valence-corrected chi connectivity index (χ4v) is 2.57. The Labute approximate surface area is 90.5 Å². The predicted molar refractivity (Wildman–Crippen MR) is 59.6 cm³/mol. The first-order chi connectivity index (χ1) is 6.75. The Morgan fingerprint density at radius 3 is 3.00 bits per heavy atom. The molecule has 0 saturated carbocycles. The number of benzene rings is 1. The van der Waals surface area contributed by atoms with E-state index in [9.17, 15) is 0 Å². The van der Waals surface area contributed by atoms with Crippen molar-refractivity contribution in [3.63, 3.8) is 0 Å². The van der Waals surface area contributed by atoms with Crippen LogP contribution in [-0.4, -0.2) is 9.36 Å². The molecule has 0 fully saturated rings. The molecule has 14 heavy (non-hydrogen) atoms. The highest BCUT2D eigenvalue weighted by atomic mass is 32.2. The lowest BCUT2D eigenvalue weighted by molar-refractivity contribution is 1.20. The molecule has 72 valence electrons. The zero-order chi connectivity index (χ0) is 9.97. The van der Waals surface area contributed by atoms with E-state index in [-0.39, 0.29) is 0 Å². The minimum absolute atomic E-state index is 0.780. The van der Waals surface area contributed by atoms with Gasteiger partial charge in [0.15, 0.2) is 4.34 Å². The third kappa shape index (κ3) is 2.05. The van der Waals surface area contributed by atoms with Gasteiger partial charge in [0.25, 0.3) is 0 Å². The molecule has 2 rings (SSSR count). The number of hydrogen-bond acceptors (Lipinski definition) is 5. The van der Waals surface area contributed by atoms with Crippen LogP contribution < -0.4 is 5.73 Å². The summed E-state index contributed by atoms with van der Waals surface area (Å²) in [4.78, 5) is 5.25. The number of anilines is 1. The van der Waals surface area contributed by atoms with Gasteiger partial charge in [-0.15, -0.1) is 0 Å². The largest absolute Gasteiger partial charge is 0.399 e. The second-order valence-electron chi connectivity index (χ2n) is 2.83. The van der Waals surface area contributed by atoms with E-state index in [1.807, 2.05) is 18.2 Å². The van der Waals surface area contributed by atoms with Gasteiger partial charge in [-0.3, -0.25) is 0 Å². The second-order valence-corrected chi connectivity index (χ2v) is 4.90. The molecule has 0 saturated heterocycles. The standard InChI is InChI=1S/C9H9N3S2/c1-6-2-3-7(10)4-8(6)13-9-11-5-12-14-9/h2-5H,10H2,1H3. The first kappa shape index (κ1) is 9.48. The van der Waals surface area contributed by atoms with Crippen LogP contribution in [0.5, 0.6) is 0 Å². The number of nitrogens with two attached hydrogens (primary N) is 1. The van der Waals surface area contributed by atoms with Crippen molar-refractivity contribution in [1.82, 2.24) is 9.36 Å². The van der Waals surface area contributed by atoms with Crippen molar-refractivity contribution in [2.24, 2.45) is 0 Å². The molecule has 3 nitrogen and oxygen atoms in total. The molecular weight excluding hydrogens is 214 g/mol. The van der Waals surface area contributed by atoms with Gasteiger partial charge in [-0.2, -0.15) is 4.37 Å². The average molecular weight is 223 g/mol. The second kappa shape index (κ2) is 3.98. The first-order valence-electron chi connectivity index (χ1n) is 4.06. The van der Waals surface area contributed by atoms with Crippen LogP contribution in [0, 0.1) is 6.92 Å². The minimum atomic E-state index is 0.780. The fourth-order valence-electron chi connectivity index (χ4n) is 1.03. The summed E-state index contributed by atoms with van der Waals surface area (Å²) < 4.78 is 4.89. The first-order valence-corrected chi connectivity index (χ1v) is 5.65. The molecule has 2 N–H and O–H groups in total. The molecule has 0 bridgehead atoms. The summed E-state index contributed by atoms with van der Waals surface area (Å²) in [6.07, 6.45) is 1.56. The Morgan fingerprint density at radius 1 is 1.43 bits per heavy atom. The van der Waals surface area contributed by atoms with Gasteiger partial charge in [-0.25, -0.2) is 4.98 Å². The van der Waals surface area contributed by atoms with Crippen LogP contribution in [0.15, 0.2) is 33.8 Å². The van der Waals surface area contributed by atoms with E-state index in [0.717, 1.165) is 14.9 Å². The summed E-state index contributed by atoms with van der Waals surface area (Å²) in [5.74, 6) is 0. The van der Waals surface area contributed by atoms with Crippen LogP contribution >= 0.6 is 23.3 Å². The third-order valence-corrected chi connectivity index (χ3v) is 3.63. The molecule has 0 spiro atoms. The molecule has 0 radical (unpaired) electrons. The van der Waals surface area contributed by atoms with Gasteiger partial charge in [0.1, 0.15) is 6.33 Å². The minimum Gasteiger partial charge on any atom is -0.399 e. The topological polar surface area (TPSA) is 51.8 Å². The molecule has 1 heterocycles. The van der Waals surface area contributed by atoms with E-state index >= 15 is 0 Å². The average Bonchev–Trinajstić information content (AvgIpc) is 2.64. The summed E-state index contributed by atoms with van der Waals surface area (Å²) in [6, 6.07) is 5.87. The Balaban J connectivity index is 2.28. The summed E-state index contributed by atoms with van der Waals surface area (Å²) in [5.41, 5.74) is 7.70. The van der Waals surface area contributed by atoms with Gasteiger partial charge >= 0.3 is 0 Å². The molecule has 0 atom stereocenters. The highest BCUT2D eigenvalue weighted by Crippen LogP contribution is 2.31. The quantitative estimate of drug-likeness (QED) is 0.795. The fraction of sp³-hybridized carbons (Fsp3) is 0.111. The monoisotopic (exact) mass is 223 g/mol. The highest BCUT2D eigenvalue weighted by molar-refractivity contribution is 8.01. The van der Waals surface area contributed by atoms with E-state index < -0.39 is 0 Å². The molecule has 0 aliphatic heterocycles. The van der Waals surface area contributed by atoms with Crippen molar-refractivity contribution in [2.45, 2.75) is 16.2 Å². The predicted octanol–water partition coefficient (Wildman–Crippen LogP) is 2.58. The Bertz CT molecular complexity index is 426. The zero-order valence-electron chi connectivity index (χ0n) is 7.60. The molecule has 0 unspecified atom stereocenters. The summed E-state index contributed by atoms with van der Waals surface area (Å²) in [6.45, 7) is 2.06. The number of rotatable bonds is 2. The van der Waals surface area contributed by atoms with Gasteiger partial charge in [0.05, 0.1) is 0 Å². The summed E-state index contributed by atoms with van der Waals surface area (Å²) >= 11 is 2.99. The van der Waals surface area contributed by atoms with Gasteiger partial charge in [-0.1, -0.05) is 17.8 Å². The van der Waals surface area contributed by atoms with E-state index in [2.05, 4.69) is 16.3 Å². The molecule has 0 aliphatic carbocycles. The summed E-state index contributed by atoms with van der Waals surface area (Å²) in [5, 5.41) is 0. The van der Waals surface area contributed by atoms with E-state index in [0.29, 0.717) is 0 Å². The lowest BCUT2D eigenvalue weighted by Gasteiger charge is -2.03. The zero-order valence-corrected chi connectivity index (χ0v) is 9.23. The molecule has 1 aromatic heterocycles. The molecule has 2 aromatic rings. The SMILES string of the molecule is Cc1ccc(N)cc1Sc1ncns1. The van der Waals surface area contributed by atoms with Crippen molar-refractivity contribution >= 4 is 29.0 Å². The lowest BCUT2D eigenvalue weighted by atomic mass is 10.2. The van der Waals surface area contributed by atoms with Crippen LogP contribution in [0.4, 0.5) is 5.69 Å². The van der Waals surface area contributed by atoms with Gasteiger partial charge < -0.3 is 5.73 Å². The third-order valence-electron chi connectivity index (χ3n) is 1.75. The van der Waals surface area contributed by atoms with Crippen molar-refractivity contribution in [3.05, 3.63) is 30.1 Å². The van der Waals surface area contributed by atoms with Crippen LogP contribution in [0.3, 0.4) is 0 Å². The van der Waals surface area contributed by atoms with Gasteiger partial charge in [-0.05, 0) is 36.2 Å². The molecule has 0 amide bonds. The number of nitrogens with zero attached hydrogens (tertiary/aromatic N) is 2. The normalized spacial score (nSPS) is 10.4. The van der Waals surface area contributed by atoms with E-state index in [1.54, 1.807) is 18.1 Å². The maximum atomic E-state index is 5.71. The van der Waals surface area contributed by atoms with Crippen molar-refractivity contribution in [1.29, 1.82) is 0 Å². The van der Waals surface area contributed by atoms with E-state index in [4.69, 9.17) is 5.73 Å². The molecule has 1 aromatic carbocycles. The van der Waals surface area contributed by atoms with E-state index in [1.165, 1.54) is 17.1 Å². The van der Waals surface area contributed by atoms with Crippen molar-refractivity contribution in [3.8, 4) is 0 Å². The Morgan fingerprint density at radius 2 is 2.29 bits per heavy atom. The maximum absolute atomic E-state index is 5.71. The number of aryl methyl sites for hydroxylation is 1.